The summed E-state index contributed by atoms with van der Waals surface area (Å²) >= 11 is 0. The Bertz CT molecular complexity index is 1010. The normalized spacial score (nSPS) is 17.6. The molecule has 0 unspecified atom stereocenters. The fourth-order valence-electron chi connectivity index (χ4n) is 4.09. The van der Waals surface area contributed by atoms with Crippen molar-refractivity contribution in [2.45, 2.75) is 13.8 Å². The molecule has 0 N–H and O–H groups in total. The molecule has 2 heterocycles. The topological polar surface area (TPSA) is 53.1 Å². The van der Waals surface area contributed by atoms with Crippen molar-refractivity contribution in [3.63, 3.8) is 0 Å². The van der Waals surface area contributed by atoms with Crippen LogP contribution in [0.1, 0.15) is 19.4 Å². The van der Waals surface area contributed by atoms with E-state index < -0.39 is 5.91 Å². The van der Waals surface area contributed by atoms with E-state index >= 15 is 0 Å². The van der Waals surface area contributed by atoms with Crippen molar-refractivity contribution in [1.29, 1.82) is 0 Å². The summed E-state index contributed by atoms with van der Waals surface area (Å²) in [6.45, 7) is 8.35. The van der Waals surface area contributed by atoms with Crippen LogP contribution in [0.2, 0.25) is 0 Å². The molecule has 2 aromatic carbocycles. The van der Waals surface area contributed by atoms with Crippen LogP contribution in [0.3, 0.4) is 0 Å². The smallest absolute Gasteiger partial charge is 0.282 e. The molecule has 162 valence electrons. The minimum atomic E-state index is -0.404. The molecule has 0 atom stereocenters. The lowest BCUT2D eigenvalue weighted by Crippen LogP contribution is -2.47. The lowest BCUT2D eigenvalue weighted by molar-refractivity contribution is -0.120. The summed E-state index contributed by atoms with van der Waals surface area (Å²) < 4.78 is 19.1. The zero-order valence-corrected chi connectivity index (χ0v) is 17.8. The Morgan fingerprint density at radius 1 is 0.935 bits per heavy atom. The molecule has 2 aromatic rings. The van der Waals surface area contributed by atoms with E-state index in [2.05, 4.69) is 11.8 Å². The summed E-state index contributed by atoms with van der Waals surface area (Å²) in [7, 11) is 0. The molecule has 7 heteroatoms. The van der Waals surface area contributed by atoms with Gasteiger partial charge in [-0.15, -0.1) is 0 Å². The third kappa shape index (κ3) is 4.05. The van der Waals surface area contributed by atoms with Crippen LogP contribution in [-0.4, -0.2) is 60.9 Å². The Kier molecular flexibility index (Phi) is 6.04. The Labute approximate surface area is 181 Å². The number of hydrogen-bond acceptors (Lipinski definition) is 5. The van der Waals surface area contributed by atoms with E-state index in [-0.39, 0.29) is 11.7 Å². The average molecular weight is 423 g/mol. The minimum absolute atomic E-state index is 0.316. The zero-order chi connectivity index (χ0) is 22.0. The average Bonchev–Trinajstić information content (AvgIpc) is 3.05. The highest BCUT2D eigenvalue weighted by atomic mass is 19.1. The van der Waals surface area contributed by atoms with Gasteiger partial charge in [-0.05, 0) is 43.3 Å². The number of nitrogens with zero attached hydrogens (tertiary/aromatic N) is 3. The molecule has 2 aliphatic heterocycles. The van der Waals surface area contributed by atoms with Crippen molar-refractivity contribution >= 4 is 23.1 Å². The van der Waals surface area contributed by atoms with Crippen molar-refractivity contribution in [3.8, 4) is 5.75 Å². The van der Waals surface area contributed by atoms with Crippen molar-refractivity contribution in [3.05, 3.63) is 65.6 Å². The van der Waals surface area contributed by atoms with Gasteiger partial charge in [0.15, 0.2) is 0 Å². The number of halogens is 1. The minimum Gasteiger partial charge on any atom is -0.494 e. The fraction of sp³-hybridized carbons (Fsp3) is 0.333. The maximum atomic E-state index is 13.6. The van der Waals surface area contributed by atoms with Crippen molar-refractivity contribution in [2.24, 2.45) is 0 Å². The molecule has 1 fully saturated rings. The molecule has 2 aliphatic rings. The van der Waals surface area contributed by atoms with E-state index in [1.54, 1.807) is 36.4 Å². The number of hydrogen-bond donors (Lipinski definition) is 0. The van der Waals surface area contributed by atoms with Crippen molar-refractivity contribution in [2.75, 3.05) is 44.2 Å². The highest BCUT2D eigenvalue weighted by molar-refractivity contribution is 6.45. The van der Waals surface area contributed by atoms with E-state index in [0.29, 0.717) is 48.0 Å². The summed E-state index contributed by atoms with van der Waals surface area (Å²) in [6, 6.07) is 12.7. The maximum Gasteiger partial charge on any atom is 0.282 e. The van der Waals surface area contributed by atoms with E-state index in [4.69, 9.17) is 4.74 Å². The number of ether oxygens (including phenoxy) is 1. The first-order valence-electron chi connectivity index (χ1n) is 10.6. The maximum absolute atomic E-state index is 13.6. The number of piperazine rings is 1. The molecule has 0 saturated carbocycles. The number of carbonyl (C=O) groups is 2. The molecule has 0 aromatic heterocycles. The Morgan fingerprint density at radius 2 is 1.65 bits per heavy atom. The predicted molar refractivity (Wildman–Crippen MR) is 117 cm³/mol. The standard InChI is InChI=1S/C24H26FN3O3/c1-3-26-12-14-27(15-13-26)22-21(17-8-10-18(25)11-9-17)23(29)28(24(22)30)19-6-5-7-20(16-19)31-4-2/h5-11,16H,3-4,12-15H2,1-2H3. The third-order valence-electron chi connectivity index (χ3n) is 5.71. The molecule has 4 rings (SSSR count). The largest absolute Gasteiger partial charge is 0.494 e. The van der Waals surface area contributed by atoms with Crippen LogP contribution in [0.25, 0.3) is 5.57 Å². The number of carbonyl (C=O) groups excluding carboxylic acids is 2. The second-order valence-corrected chi connectivity index (χ2v) is 7.53. The highest BCUT2D eigenvalue weighted by Gasteiger charge is 2.43. The van der Waals surface area contributed by atoms with Gasteiger partial charge in [0.25, 0.3) is 11.8 Å². The van der Waals surface area contributed by atoms with Crippen LogP contribution in [0.15, 0.2) is 54.2 Å². The monoisotopic (exact) mass is 423 g/mol. The van der Waals surface area contributed by atoms with E-state index in [1.807, 2.05) is 11.8 Å². The van der Waals surface area contributed by atoms with Crippen molar-refractivity contribution in [1.82, 2.24) is 9.80 Å². The van der Waals surface area contributed by atoms with Gasteiger partial charge < -0.3 is 14.5 Å². The molecule has 0 aliphatic carbocycles. The summed E-state index contributed by atoms with van der Waals surface area (Å²) in [5.41, 5.74) is 1.70. The number of rotatable bonds is 6. The fourth-order valence-corrected chi connectivity index (χ4v) is 4.09. The van der Waals surface area contributed by atoms with Crippen LogP contribution in [0, 0.1) is 5.82 Å². The van der Waals surface area contributed by atoms with Crippen LogP contribution >= 0.6 is 0 Å². The lowest BCUT2D eigenvalue weighted by atomic mass is 10.0. The predicted octanol–water partition coefficient (Wildman–Crippen LogP) is 3.15. The summed E-state index contributed by atoms with van der Waals surface area (Å²) in [4.78, 5) is 32.6. The van der Waals surface area contributed by atoms with E-state index in [9.17, 15) is 14.0 Å². The van der Waals surface area contributed by atoms with Gasteiger partial charge in [0.1, 0.15) is 17.3 Å². The zero-order valence-electron chi connectivity index (χ0n) is 17.8. The van der Waals surface area contributed by atoms with E-state index in [1.165, 1.54) is 17.0 Å². The van der Waals surface area contributed by atoms with Crippen LogP contribution in [-0.2, 0) is 9.59 Å². The summed E-state index contributed by atoms with van der Waals surface area (Å²) in [6.07, 6.45) is 0. The van der Waals surface area contributed by atoms with Gasteiger partial charge in [-0.2, -0.15) is 0 Å². The molecule has 1 saturated heterocycles. The Balaban J connectivity index is 1.75. The second kappa shape index (κ2) is 8.89. The number of imide groups is 1. The Hall–Kier alpha value is -3.19. The Morgan fingerprint density at radius 3 is 2.29 bits per heavy atom. The van der Waals surface area contributed by atoms with Crippen LogP contribution in [0.4, 0.5) is 10.1 Å². The first-order chi connectivity index (χ1) is 15.0. The van der Waals surface area contributed by atoms with Crippen LogP contribution < -0.4 is 9.64 Å². The van der Waals surface area contributed by atoms with Gasteiger partial charge in [0.2, 0.25) is 0 Å². The molecular formula is C24H26FN3O3. The lowest BCUT2D eigenvalue weighted by Gasteiger charge is -2.36. The first kappa shape index (κ1) is 21.1. The summed E-state index contributed by atoms with van der Waals surface area (Å²) in [5.74, 6) is -0.560. The van der Waals surface area contributed by atoms with Gasteiger partial charge in [0, 0.05) is 32.2 Å². The third-order valence-corrected chi connectivity index (χ3v) is 5.71. The van der Waals surface area contributed by atoms with E-state index in [0.717, 1.165) is 19.6 Å². The quantitative estimate of drug-likeness (QED) is 0.669. The number of amides is 2. The molecule has 6 nitrogen and oxygen atoms in total. The number of anilines is 1. The molecular weight excluding hydrogens is 397 g/mol. The molecule has 0 bridgehead atoms. The van der Waals surface area contributed by atoms with Gasteiger partial charge in [0.05, 0.1) is 17.9 Å². The van der Waals surface area contributed by atoms with Gasteiger partial charge in [-0.3, -0.25) is 9.59 Å². The summed E-state index contributed by atoms with van der Waals surface area (Å²) in [5, 5.41) is 0. The molecule has 31 heavy (non-hydrogen) atoms. The number of benzene rings is 2. The van der Waals surface area contributed by atoms with Gasteiger partial charge in [-0.1, -0.05) is 25.1 Å². The van der Waals surface area contributed by atoms with Crippen molar-refractivity contribution < 1.29 is 18.7 Å². The SMILES string of the molecule is CCOc1cccc(N2C(=O)C(c3ccc(F)cc3)=C(N3CCN(CC)CC3)C2=O)c1. The first-order valence-corrected chi connectivity index (χ1v) is 10.6. The number of likely N-dealkylation sites (N-methyl/N-ethyl adjacent to an activating group) is 1. The molecule has 0 radical (unpaired) electrons. The molecule has 0 spiro atoms. The second-order valence-electron chi connectivity index (χ2n) is 7.53. The van der Waals surface area contributed by atoms with Gasteiger partial charge >= 0.3 is 0 Å². The highest BCUT2D eigenvalue weighted by Crippen LogP contribution is 2.36. The van der Waals surface area contributed by atoms with Crippen LogP contribution in [0.5, 0.6) is 5.75 Å². The molecule has 2 amide bonds. The van der Waals surface area contributed by atoms with Gasteiger partial charge in [-0.25, -0.2) is 9.29 Å².